The van der Waals surface area contributed by atoms with Crippen LogP contribution in [0.2, 0.25) is 0 Å². The van der Waals surface area contributed by atoms with Gasteiger partial charge in [0.05, 0.1) is 11.1 Å². The molecule has 10 nitrogen and oxygen atoms in total. The summed E-state index contributed by atoms with van der Waals surface area (Å²) in [6.07, 6.45) is -3.64. The van der Waals surface area contributed by atoms with E-state index in [1.54, 1.807) is 12.1 Å². The van der Waals surface area contributed by atoms with E-state index in [2.05, 4.69) is 0 Å². The number of ether oxygens (including phenoxy) is 4. The summed E-state index contributed by atoms with van der Waals surface area (Å²) in [5, 5.41) is 0. The predicted molar refractivity (Wildman–Crippen MR) is 134 cm³/mol. The number of rotatable bonds is 7. The first-order valence-corrected chi connectivity index (χ1v) is 12.8. The summed E-state index contributed by atoms with van der Waals surface area (Å²) < 4.78 is 22.6. The van der Waals surface area contributed by atoms with Crippen LogP contribution in [-0.4, -0.2) is 71.0 Å². The van der Waals surface area contributed by atoms with Crippen molar-refractivity contribution in [2.75, 3.05) is 6.61 Å². The highest BCUT2D eigenvalue weighted by Crippen LogP contribution is 2.41. The molecule has 0 saturated carbocycles. The summed E-state index contributed by atoms with van der Waals surface area (Å²) in [6.45, 7) is 5.17. The van der Waals surface area contributed by atoms with Gasteiger partial charge in [-0.2, -0.15) is 0 Å². The SMILES string of the molecule is CC(=O)OC[C@H]1OC(Sc2ccc(C)cc2)[C@H](N2C(=O)c3ccccc3C2=O)[C@@H](OC(C)=O)[C@@H]1OC(C)=O. The maximum absolute atomic E-state index is 13.5. The van der Waals surface area contributed by atoms with E-state index in [1.807, 2.05) is 31.2 Å². The number of hydrogen-bond acceptors (Lipinski definition) is 10. The number of aryl methyl sites for hydroxylation is 1. The lowest BCUT2D eigenvalue weighted by molar-refractivity contribution is -0.216. The van der Waals surface area contributed by atoms with Gasteiger partial charge in [0.15, 0.2) is 12.2 Å². The lowest BCUT2D eigenvalue weighted by atomic mass is 9.96. The first kappa shape index (κ1) is 27.3. The first-order valence-electron chi connectivity index (χ1n) is 11.9. The minimum Gasteiger partial charge on any atom is -0.463 e. The number of thioether (sulfide) groups is 1. The third kappa shape index (κ3) is 5.73. The number of esters is 3. The van der Waals surface area contributed by atoms with Crippen LogP contribution in [0.1, 0.15) is 47.1 Å². The van der Waals surface area contributed by atoms with Gasteiger partial charge in [0.1, 0.15) is 24.2 Å². The summed E-state index contributed by atoms with van der Waals surface area (Å²) >= 11 is 1.20. The summed E-state index contributed by atoms with van der Waals surface area (Å²) in [4.78, 5) is 64.8. The molecule has 2 aromatic rings. The van der Waals surface area contributed by atoms with Crippen LogP contribution in [0.25, 0.3) is 0 Å². The number of carbonyl (C=O) groups is 5. The Morgan fingerprint density at radius 3 is 1.92 bits per heavy atom. The van der Waals surface area contributed by atoms with Gasteiger partial charge in [0.2, 0.25) is 0 Å². The Morgan fingerprint density at radius 2 is 1.39 bits per heavy atom. The van der Waals surface area contributed by atoms with E-state index in [0.29, 0.717) is 0 Å². The van der Waals surface area contributed by atoms with E-state index < -0.39 is 59.5 Å². The fourth-order valence-electron chi connectivity index (χ4n) is 4.48. The first-order chi connectivity index (χ1) is 18.1. The number of fused-ring (bicyclic) bond motifs is 1. The molecule has 0 bridgehead atoms. The van der Waals surface area contributed by atoms with Crippen molar-refractivity contribution in [2.45, 2.75) is 62.4 Å². The topological polar surface area (TPSA) is 126 Å². The summed E-state index contributed by atoms with van der Waals surface area (Å²) in [5.74, 6) is -3.21. The number of carbonyl (C=O) groups excluding carboxylic acids is 5. The van der Waals surface area contributed by atoms with E-state index in [4.69, 9.17) is 18.9 Å². The Bertz CT molecular complexity index is 1230. The molecule has 0 aliphatic carbocycles. The van der Waals surface area contributed by atoms with Gasteiger partial charge < -0.3 is 18.9 Å². The van der Waals surface area contributed by atoms with Gasteiger partial charge in [-0.1, -0.05) is 41.6 Å². The zero-order chi connectivity index (χ0) is 27.6. The van der Waals surface area contributed by atoms with E-state index in [9.17, 15) is 24.0 Å². The quantitative estimate of drug-likeness (QED) is 0.293. The lowest BCUT2D eigenvalue weighted by Gasteiger charge is -2.47. The molecule has 2 aliphatic heterocycles. The van der Waals surface area contributed by atoms with Crippen molar-refractivity contribution in [3.05, 3.63) is 65.2 Å². The van der Waals surface area contributed by atoms with Gasteiger partial charge >= 0.3 is 17.9 Å². The van der Waals surface area contributed by atoms with Crippen molar-refractivity contribution in [3.8, 4) is 0 Å². The smallest absolute Gasteiger partial charge is 0.303 e. The molecule has 4 rings (SSSR count). The van der Waals surface area contributed by atoms with Crippen LogP contribution in [-0.2, 0) is 33.3 Å². The van der Waals surface area contributed by atoms with Gasteiger partial charge in [0.25, 0.3) is 11.8 Å². The number of amides is 2. The minimum absolute atomic E-state index is 0.198. The van der Waals surface area contributed by atoms with Gasteiger partial charge in [-0.15, -0.1) is 0 Å². The standard InChI is InChI=1S/C27H27NO9S/c1-14-9-11-18(12-10-14)38-27-22(28-25(32)19-7-5-6-8-20(19)26(28)33)24(36-17(4)31)23(35-16(3)30)21(37-27)13-34-15(2)29/h5-12,21-24,27H,13H2,1-4H3/t21-,22-,23-,24-,27?/m1/s1. The van der Waals surface area contributed by atoms with Crippen molar-refractivity contribution >= 4 is 41.5 Å². The van der Waals surface area contributed by atoms with E-state index in [0.717, 1.165) is 22.3 Å². The molecular formula is C27H27NO9S. The van der Waals surface area contributed by atoms with E-state index >= 15 is 0 Å². The van der Waals surface area contributed by atoms with Crippen LogP contribution >= 0.6 is 11.8 Å². The van der Waals surface area contributed by atoms with Crippen molar-refractivity contribution < 1.29 is 42.9 Å². The largest absolute Gasteiger partial charge is 0.463 e. The highest BCUT2D eigenvalue weighted by atomic mass is 32.2. The average molecular weight is 542 g/mol. The molecule has 1 fully saturated rings. The van der Waals surface area contributed by atoms with Crippen LogP contribution in [0.5, 0.6) is 0 Å². The summed E-state index contributed by atoms with van der Waals surface area (Å²) in [6, 6.07) is 12.7. The molecule has 2 aliphatic rings. The lowest BCUT2D eigenvalue weighted by Crippen LogP contribution is -2.66. The molecule has 1 unspecified atom stereocenters. The van der Waals surface area contributed by atoms with Crippen molar-refractivity contribution in [1.82, 2.24) is 4.90 Å². The highest BCUT2D eigenvalue weighted by molar-refractivity contribution is 7.99. The minimum atomic E-state index is -1.31. The molecular weight excluding hydrogens is 514 g/mol. The van der Waals surface area contributed by atoms with Crippen LogP contribution in [0, 0.1) is 6.92 Å². The Labute approximate surface area is 223 Å². The molecule has 0 radical (unpaired) electrons. The van der Waals surface area contributed by atoms with Gasteiger partial charge in [0, 0.05) is 25.7 Å². The Balaban J connectivity index is 1.82. The zero-order valence-corrected chi connectivity index (χ0v) is 22.1. The monoisotopic (exact) mass is 541 g/mol. The fraction of sp³-hybridized carbons (Fsp3) is 0.370. The van der Waals surface area contributed by atoms with E-state index in [-0.39, 0.29) is 17.7 Å². The molecule has 11 heteroatoms. The second-order valence-electron chi connectivity index (χ2n) is 8.94. The van der Waals surface area contributed by atoms with Crippen LogP contribution < -0.4 is 0 Å². The maximum atomic E-state index is 13.5. The third-order valence-corrected chi connectivity index (χ3v) is 7.23. The molecule has 38 heavy (non-hydrogen) atoms. The Hall–Kier alpha value is -3.70. The van der Waals surface area contributed by atoms with Gasteiger partial charge in [-0.05, 0) is 31.2 Å². The van der Waals surface area contributed by atoms with Crippen LogP contribution in [0.3, 0.4) is 0 Å². The predicted octanol–water partition coefficient (Wildman–Crippen LogP) is 2.90. The summed E-state index contributed by atoms with van der Waals surface area (Å²) in [7, 11) is 0. The molecule has 5 atom stereocenters. The molecule has 0 N–H and O–H groups in total. The number of imide groups is 1. The zero-order valence-electron chi connectivity index (χ0n) is 21.2. The third-order valence-electron chi connectivity index (χ3n) is 6.07. The number of hydrogen-bond donors (Lipinski definition) is 0. The molecule has 2 aromatic carbocycles. The number of nitrogens with zero attached hydrogens (tertiary/aromatic N) is 1. The van der Waals surface area contributed by atoms with Crippen molar-refractivity contribution in [2.24, 2.45) is 0 Å². The second-order valence-corrected chi connectivity index (χ2v) is 10.1. The maximum Gasteiger partial charge on any atom is 0.303 e. The normalized spacial score (nSPS) is 24.5. The molecule has 0 spiro atoms. The number of benzene rings is 2. The summed E-state index contributed by atoms with van der Waals surface area (Å²) in [5.41, 5.74) is 0.446. The average Bonchev–Trinajstić information content (AvgIpc) is 3.10. The van der Waals surface area contributed by atoms with Gasteiger partial charge in [-0.25, -0.2) is 0 Å². The molecule has 1 saturated heterocycles. The van der Waals surface area contributed by atoms with Crippen LogP contribution in [0.4, 0.5) is 0 Å². The fourth-order valence-corrected chi connectivity index (χ4v) is 5.66. The highest BCUT2D eigenvalue weighted by Gasteiger charge is 2.57. The van der Waals surface area contributed by atoms with Crippen LogP contribution in [0.15, 0.2) is 53.4 Å². The van der Waals surface area contributed by atoms with Crippen molar-refractivity contribution in [3.63, 3.8) is 0 Å². The molecule has 200 valence electrons. The Morgan fingerprint density at radius 1 is 0.842 bits per heavy atom. The second kappa shape index (κ2) is 11.4. The molecule has 2 amide bonds. The van der Waals surface area contributed by atoms with E-state index in [1.165, 1.54) is 37.7 Å². The molecule has 0 aromatic heterocycles. The van der Waals surface area contributed by atoms with Crippen molar-refractivity contribution in [1.29, 1.82) is 0 Å². The Kier molecular flexibility index (Phi) is 8.17. The molecule has 2 heterocycles. The van der Waals surface area contributed by atoms with Gasteiger partial charge in [-0.3, -0.25) is 28.9 Å².